The first-order valence-electron chi connectivity index (χ1n) is 12.0. The van der Waals surface area contributed by atoms with E-state index in [0.29, 0.717) is 24.0 Å². The van der Waals surface area contributed by atoms with Gasteiger partial charge in [-0.3, -0.25) is 9.20 Å². The van der Waals surface area contributed by atoms with E-state index >= 15 is 0 Å². The van der Waals surface area contributed by atoms with Crippen LogP contribution >= 0.6 is 23.1 Å². The van der Waals surface area contributed by atoms with Gasteiger partial charge in [0.25, 0.3) is 0 Å². The van der Waals surface area contributed by atoms with Crippen LogP contribution in [0.4, 0.5) is 5.69 Å². The molecule has 3 aromatic heterocycles. The Morgan fingerprint density at radius 3 is 2.94 bits per heavy atom. The third kappa shape index (κ3) is 3.94. The number of nitrogens with one attached hydrogen (secondary N) is 1. The molecule has 0 saturated heterocycles. The van der Waals surface area contributed by atoms with E-state index in [0.717, 1.165) is 53.1 Å². The number of hydrogen-bond acceptors (Lipinski definition) is 7. The number of para-hydroxylation sites is 2. The molecule has 0 aliphatic heterocycles. The Hall–Kier alpha value is -2.65. The molecule has 176 valence electrons. The molecule has 1 atom stereocenters. The third-order valence-electron chi connectivity index (χ3n) is 6.53. The van der Waals surface area contributed by atoms with Crippen LogP contribution in [0.15, 0.2) is 29.4 Å². The molecule has 1 saturated carbocycles. The Morgan fingerprint density at radius 2 is 2.12 bits per heavy atom. The lowest BCUT2D eigenvalue weighted by Crippen LogP contribution is -2.15. The number of thioether (sulfide) groups is 1. The number of thiophene rings is 1. The second-order valence-corrected chi connectivity index (χ2v) is 11.2. The molecule has 7 nitrogen and oxygen atoms in total. The van der Waals surface area contributed by atoms with Gasteiger partial charge in [0.2, 0.25) is 5.91 Å². The molecule has 0 spiro atoms. The Labute approximate surface area is 206 Å². The van der Waals surface area contributed by atoms with E-state index in [1.807, 2.05) is 42.5 Å². The van der Waals surface area contributed by atoms with Crippen LogP contribution in [0, 0.1) is 5.92 Å². The predicted molar refractivity (Wildman–Crippen MR) is 136 cm³/mol. The van der Waals surface area contributed by atoms with Crippen LogP contribution in [0.2, 0.25) is 0 Å². The van der Waals surface area contributed by atoms with E-state index < -0.39 is 0 Å². The number of aromatic nitrogens is 4. The van der Waals surface area contributed by atoms with Crippen molar-refractivity contribution in [3.05, 3.63) is 40.5 Å². The summed E-state index contributed by atoms with van der Waals surface area (Å²) in [6.07, 6.45) is 5.70. The maximum atomic E-state index is 12.8. The summed E-state index contributed by atoms with van der Waals surface area (Å²) in [5.41, 5.74) is 3.00. The molecule has 1 aromatic carbocycles. The summed E-state index contributed by atoms with van der Waals surface area (Å²) in [7, 11) is 0. The summed E-state index contributed by atoms with van der Waals surface area (Å²) in [6.45, 7) is 4.80. The largest absolute Gasteiger partial charge is 0.492 e. The molecule has 9 heteroatoms. The normalized spacial score (nSPS) is 17.8. The number of carbonyl (C=O) groups excluding carboxylic acids is 1. The molecule has 3 heterocycles. The first-order valence-corrected chi connectivity index (χ1v) is 13.8. The fourth-order valence-corrected chi connectivity index (χ4v) is 6.84. The molecule has 1 fully saturated rings. The van der Waals surface area contributed by atoms with Gasteiger partial charge in [0.15, 0.2) is 10.8 Å². The van der Waals surface area contributed by atoms with Gasteiger partial charge in [0, 0.05) is 10.8 Å². The minimum atomic E-state index is -0.0992. The van der Waals surface area contributed by atoms with Gasteiger partial charge in [-0.25, -0.2) is 4.98 Å². The van der Waals surface area contributed by atoms with Crippen LogP contribution in [0.5, 0.6) is 5.75 Å². The highest BCUT2D eigenvalue weighted by Crippen LogP contribution is 2.44. The van der Waals surface area contributed by atoms with Crippen molar-refractivity contribution in [1.29, 1.82) is 0 Å². The van der Waals surface area contributed by atoms with E-state index in [1.165, 1.54) is 34.0 Å². The Bertz CT molecular complexity index is 1390. The smallest absolute Gasteiger partial charge is 0.234 e. The number of rotatable bonds is 7. The van der Waals surface area contributed by atoms with Crippen molar-refractivity contribution in [1.82, 2.24) is 19.6 Å². The molecule has 0 unspecified atom stereocenters. The SMILES string of the molecule is CCOc1ccccc1NC(=O)CSc1nnc2c3c4c(sc3nc(C3CC3)n12)C[C@H](C)CC4. The molecule has 34 heavy (non-hydrogen) atoms. The highest BCUT2D eigenvalue weighted by atomic mass is 32.2. The standard InChI is InChI=1S/C25H27N5O2S2/c1-3-32-18-7-5-4-6-17(18)26-20(31)13-33-25-29-28-23-21-16-11-8-14(2)12-19(16)34-24(21)27-22(30(23)25)15-9-10-15/h4-7,14-15H,3,8-13H2,1-2H3,(H,26,31)/t14-/m1/s1. The predicted octanol–water partition coefficient (Wildman–Crippen LogP) is 5.47. The van der Waals surface area contributed by atoms with Crippen LogP contribution in [-0.4, -0.2) is 37.8 Å². The number of anilines is 1. The lowest BCUT2D eigenvalue weighted by atomic mass is 9.89. The summed E-state index contributed by atoms with van der Waals surface area (Å²) in [5, 5.41) is 14.0. The molecule has 2 aliphatic rings. The highest BCUT2D eigenvalue weighted by molar-refractivity contribution is 7.99. The Kier molecular flexibility index (Phi) is 5.69. The van der Waals surface area contributed by atoms with Crippen molar-refractivity contribution >= 4 is 50.6 Å². The van der Waals surface area contributed by atoms with Gasteiger partial charge in [-0.1, -0.05) is 30.8 Å². The van der Waals surface area contributed by atoms with Crippen molar-refractivity contribution in [2.75, 3.05) is 17.7 Å². The molecule has 2 aliphatic carbocycles. The van der Waals surface area contributed by atoms with Crippen LogP contribution in [0.3, 0.4) is 0 Å². The number of hydrogen-bond donors (Lipinski definition) is 1. The fourth-order valence-electron chi connectivity index (χ4n) is 4.71. The molecular weight excluding hydrogens is 466 g/mol. The first kappa shape index (κ1) is 21.9. The molecule has 1 N–H and O–H groups in total. The fraction of sp³-hybridized carbons (Fsp3) is 0.440. The van der Waals surface area contributed by atoms with E-state index in [2.05, 4.69) is 26.8 Å². The summed E-state index contributed by atoms with van der Waals surface area (Å²) >= 11 is 3.25. The minimum absolute atomic E-state index is 0.0992. The van der Waals surface area contributed by atoms with Gasteiger partial charge in [-0.15, -0.1) is 21.5 Å². The lowest BCUT2D eigenvalue weighted by molar-refractivity contribution is -0.113. The maximum Gasteiger partial charge on any atom is 0.234 e. The van der Waals surface area contributed by atoms with Gasteiger partial charge in [-0.2, -0.15) is 0 Å². The van der Waals surface area contributed by atoms with Gasteiger partial charge in [-0.05, 0) is 62.6 Å². The number of fused-ring (bicyclic) bond motifs is 5. The van der Waals surface area contributed by atoms with Crippen molar-refractivity contribution in [2.45, 2.75) is 57.0 Å². The zero-order valence-corrected chi connectivity index (χ0v) is 21.0. The monoisotopic (exact) mass is 493 g/mol. The molecular formula is C25H27N5O2S2. The lowest BCUT2D eigenvalue weighted by Gasteiger charge is -2.17. The van der Waals surface area contributed by atoms with Gasteiger partial charge < -0.3 is 10.1 Å². The number of ether oxygens (including phenoxy) is 1. The zero-order valence-electron chi connectivity index (χ0n) is 19.3. The van der Waals surface area contributed by atoms with Crippen LogP contribution < -0.4 is 10.1 Å². The Balaban J connectivity index is 1.30. The first-order chi connectivity index (χ1) is 16.6. The molecule has 4 aromatic rings. The van der Waals surface area contributed by atoms with Crippen molar-refractivity contribution in [2.24, 2.45) is 5.92 Å². The number of benzene rings is 1. The topological polar surface area (TPSA) is 81.4 Å². The molecule has 0 bridgehead atoms. The van der Waals surface area contributed by atoms with Gasteiger partial charge >= 0.3 is 0 Å². The maximum absolute atomic E-state index is 12.8. The second kappa shape index (κ2) is 8.85. The van der Waals surface area contributed by atoms with Crippen molar-refractivity contribution in [3.63, 3.8) is 0 Å². The van der Waals surface area contributed by atoms with Crippen LogP contribution in [0.1, 0.15) is 55.3 Å². The molecule has 0 radical (unpaired) electrons. The van der Waals surface area contributed by atoms with Crippen molar-refractivity contribution < 1.29 is 9.53 Å². The number of aryl methyl sites for hydroxylation is 1. The van der Waals surface area contributed by atoms with E-state index in [4.69, 9.17) is 9.72 Å². The zero-order chi connectivity index (χ0) is 23.2. The number of carbonyl (C=O) groups is 1. The molecule has 6 rings (SSSR count). The second-order valence-electron chi connectivity index (χ2n) is 9.18. The van der Waals surface area contributed by atoms with Crippen LogP contribution in [0.25, 0.3) is 15.9 Å². The summed E-state index contributed by atoms with van der Waals surface area (Å²) in [6, 6.07) is 7.50. The summed E-state index contributed by atoms with van der Waals surface area (Å²) < 4.78 is 7.75. The summed E-state index contributed by atoms with van der Waals surface area (Å²) in [4.78, 5) is 20.5. The van der Waals surface area contributed by atoms with E-state index in [-0.39, 0.29) is 11.7 Å². The van der Waals surface area contributed by atoms with E-state index in [9.17, 15) is 4.79 Å². The Morgan fingerprint density at radius 1 is 1.26 bits per heavy atom. The number of amides is 1. The van der Waals surface area contributed by atoms with Crippen LogP contribution in [-0.2, 0) is 17.6 Å². The average Bonchev–Trinajstić information content (AvgIpc) is 3.49. The molecule has 1 amide bonds. The van der Waals surface area contributed by atoms with Crippen molar-refractivity contribution in [3.8, 4) is 5.75 Å². The van der Waals surface area contributed by atoms with E-state index in [1.54, 1.807) is 0 Å². The number of nitrogens with zero attached hydrogens (tertiary/aromatic N) is 4. The van der Waals surface area contributed by atoms with Gasteiger partial charge in [0.05, 0.1) is 23.4 Å². The minimum Gasteiger partial charge on any atom is -0.492 e. The quantitative estimate of drug-likeness (QED) is 0.344. The average molecular weight is 494 g/mol. The van der Waals surface area contributed by atoms with Gasteiger partial charge in [0.1, 0.15) is 16.4 Å². The summed E-state index contributed by atoms with van der Waals surface area (Å²) in [5.74, 6) is 3.03. The highest BCUT2D eigenvalue weighted by Gasteiger charge is 2.32. The third-order valence-corrected chi connectivity index (χ3v) is 8.61.